The second-order valence-electron chi connectivity index (χ2n) is 6.01. The maximum atomic E-state index is 11.6. The lowest BCUT2D eigenvalue weighted by molar-refractivity contribution is -0.125. The van der Waals surface area contributed by atoms with Crippen molar-refractivity contribution in [2.75, 3.05) is 32.7 Å². The smallest absolute Gasteiger partial charge is 0.324 e. The molecule has 0 spiro atoms. The van der Waals surface area contributed by atoms with E-state index in [1.54, 1.807) is 0 Å². The van der Waals surface area contributed by atoms with Gasteiger partial charge in [-0.1, -0.05) is 6.42 Å². The van der Waals surface area contributed by atoms with Crippen LogP contribution in [-0.2, 0) is 4.79 Å². The van der Waals surface area contributed by atoms with E-state index in [0.717, 1.165) is 19.6 Å². The lowest BCUT2D eigenvalue weighted by atomic mass is 9.94. The summed E-state index contributed by atoms with van der Waals surface area (Å²) in [5.74, 6) is -0.0949. The summed E-state index contributed by atoms with van der Waals surface area (Å²) in [6, 6.07) is 0.938. The van der Waals surface area contributed by atoms with E-state index in [1.165, 1.54) is 37.0 Å². The molecule has 6 heteroatoms. The van der Waals surface area contributed by atoms with Crippen LogP contribution in [0.1, 0.15) is 32.1 Å². The average Bonchev–Trinajstić information content (AvgIpc) is 3.09. The van der Waals surface area contributed by atoms with Crippen LogP contribution in [0.5, 0.6) is 0 Å². The summed E-state index contributed by atoms with van der Waals surface area (Å²) < 4.78 is 0. The zero-order valence-corrected chi connectivity index (χ0v) is 11.9. The summed E-state index contributed by atoms with van der Waals surface area (Å²) in [7, 11) is 0. The van der Waals surface area contributed by atoms with E-state index in [2.05, 4.69) is 15.5 Å². The number of piperidine rings is 1. The highest BCUT2D eigenvalue weighted by atomic mass is 16.2. The molecule has 3 rings (SSSR count). The molecule has 3 heterocycles. The van der Waals surface area contributed by atoms with Crippen molar-refractivity contribution >= 4 is 11.9 Å². The van der Waals surface area contributed by atoms with Crippen LogP contribution in [0.15, 0.2) is 0 Å². The first-order chi connectivity index (χ1) is 9.75. The molecule has 0 radical (unpaired) electrons. The maximum Gasteiger partial charge on any atom is 0.324 e. The zero-order valence-electron chi connectivity index (χ0n) is 11.9. The Morgan fingerprint density at radius 2 is 2.00 bits per heavy atom. The first-order valence-corrected chi connectivity index (χ1v) is 7.81. The highest BCUT2D eigenvalue weighted by Gasteiger charge is 2.33. The fourth-order valence-electron chi connectivity index (χ4n) is 3.70. The molecule has 2 unspecified atom stereocenters. The highest BCUT2D eigenvalue weighted by molar-refractivity contribution is 6.01. The number of amides is 3. The van der Waals surface area contributed by atoms with Crippen LogP contribution in [0.2, 0.25) is 0 Å². The molecular weight excluding hydrogens is 256 g/mol. The van der Waals surface area contributed by atoms with Crippen molar-refractivity contribution in [2.24, 2.45) is 0 Å². The Balaban J connectivity index is 1.56. The molecule has 2 atom stereocenters. The summed E-state index contributed by atoms with van der Waals surface area (Å²) >= 11 is 0. The third-order valence-corrected chi connectivity index (χ3v) is 4.77. The van der Waals surface area contributed by atoms with Crippen molar-refractivity contribution in [3.8, 4) is 0 Å². The number of carbonyl (C=O) groups excluding carboxylic acids is 2. The van der Waals surface area contributed by atoms with Crippen LogP contribution in [-0.4, -0.2) is 66.5 Å². The van der Waals surface area contributed by atoms with Crippen molar-refractivity contribution in [1.29, 1.82) is 0 Å². The monoisotopic (exact) mass is 280 g/mol. The number of hydrogen-bond donors (Lipinski definition) is 2. The highest BCUT2D eigenvalue weighted by Crippen LogP contribution is 2.24. The summed E-state index contributed by atoms with van der Waals surface area (Å²) in [5.41, 5.74) is 0. The van der Waals surface area contributed by atoms with Gasteiger partial charge in [0, 0.05) is 25.2 Å². The van der Waals surface area contributed by atoms with Gasteiger partial charge in [0.1, 0.15) is 0 Å². The Hall–Kier alpha value is -1.14. The molecule has 3 fully saturated rings. The topological polar surface area (TPSA) is 64.7 Å². The van der Waals surface area contributed by atoms with Gasteiger partial charge in [-0.25, -0.2) is 4.79 Å². The normalized spacial score (nSPS) is 31.9. The van der Waals surface area contributed by atoms with Gasteiger partial charge in [0.25, 0.3) is 0 Å². The molecular formula is C14H24N4O2. The van der Waals surface area contributed by atoms with E-state index in [0.29, 0.717) is 18.6 Å². The van der Waals surface area contributed by atoms with Gasteiger partial charge in [0.15, 0.2) is 0 Å². The van der Waals surface area contributed by atoms with Gasteiger partial charge >= 0.3 is 6.03 Å². The SMILES string of the molecule is O=C1CNC(=O)N1CCN1CCCCC1C1CCCN1. The Kier molecular flexibility index (Phi) is 4.21. The lowest BCUT2D eigenvalue weighted by Crippen LogP contribution is -2.52. The van der Waals surface area contributed by atoms with E-state index in [4.69, 9.17) is 0 Å². The van der Waals surface area contributed by atoms with Gasteiger partial charge in [-0.15, -0.1) is 0 Å². The number of hydrogen-bond acceptors (Lipinski definition) is 4. The third-order valence-electron chi connectivity index (χ3n) is 4.77. The van der Waals surface area contributed by atoms with Gasteiger partial charge in [-0.2, -0.15) is 0 Å². The van der Waals surface area contributed by atoms with Crippen LogP contribution >= 0.6 is 0 Å². The van der Waals surface area contributed by atoms with Gasteiger partial charge < -0.3 is 10.6 Å². The molecule has 0 bridgehead atoms. The number of carbonyl (C=O) groups is 2. The minimum absolute atomic E-state index is 0.0949. The molecule has 2 N–H and O–H groups in total. The molecule has 20 heavy (non-hydrogen) atoms. The van der Waals surface area contributed by atoms with E-state index >= 15 is 0 Å². The molecule has 0 aromatic rings. The fraction of sp³-hybridized carbons (Fsp3) is 0.857. The summed E-state index contributed by atoms with van der Waals surface area (Å²) in [4.78, 5) is 27.0. The number of likely N-dealkylation sites (tertiary alicyclic amines) is 1. The van der Waals surface area contributed by atoms with Crippen molar-refractivity contribution < 1.29 is 9.59 Å². The first kappa shape index (κ1) is 13.8. The van der Waals surface area contributed by atoms with Crippen LogP contribution in [0.4, 0.5) is 4.79 Å². The van der Waals surface area contributed by atoms with E-state index in [9.17, 15) is 9.59 Å². The Bertz CT molecular complexity index is 365. The van der Waals surface area contributed by atoms with Crippen molar-refractivity contribution in [3.05, 3.63) is 0 Å². The van der Waals surface area contributed by atoms with Crippen LogP contribution in [0, 0.1) is 0 Å². The van der Waals surface area contributed by atoms with Crippen LogP contribution < -0.4 is 10.6 Å². The molecule has 0 aliphatic carbocycles. The second kappa shape index (κ2) is 6.10. The predicted octanol–water partition coefficient (Wildman–Crippen LogP) is 0.145. The van der Waals surface area contributed by atoms with Crippen LogP contribution in [0.3, 0.4) is 0 Å². The minimum atomic E-state index is -0.234. The maximum absolute atomic E-state index is 11.6. The van der Waals surface area contributed by atoms with Gasteiger partial charge in [0.05, 0.1) is 6.54 Å². The summed E-state index contributed by atoms with van der Waals surface area (Å²) in [5, 5.41) is 6.18. The number of imide groups is 1. The largest absolute Gasteiger partial charge is 0.329 e. The summed E-state index contributed by atoms with van der Waals surface area (Å²) in [6.07, 6.45) is 6.27. The first-order valence-electron chi connectivity index (χ1n) is 7.81. The molecule has 3 aliphatic heterocycles. The van der Waals surface area contributed by atoms with E-state index in [1.807, 2.05) is 0 Å². The van der Waals surface area contributed by atoms with Gasteiger partial charge in [-0.05, 0) is 38.8 Å². The number of nitrogens with zero attached hydrogens (tertiary/aromatic N) is 2. The molecule has 3 amide bonds. The number of rotatable bonds is 4. The average molecular weight is 280 g/mol. The van der Waals surface area contributed by atoms with Crippen LogP contribution in [0.25, 0.3) is 0 Å². The minimum Gasteiger partial charge on any atom is -0.329 e. The number of urea groups is 1. The Labute approximate surface area is 119 Å². The fourth-order valence-corrected chi connectivity index (χ4v) is 3.70. The van der Waals surface area contributed by atoms with E-state index < -0.39 is 0 Å². The Morgan fingerprint density at radius 1 is 1.10 bits per heavy atom. The predicted molar refractivity (Wildman–Crippen MR) is 75.3 cm³/mol. The van der Waals surface area contributed by atoms with Crippen molar-refractivity contribution in [3.63, 3.8) is 0 Å². The van der Waals surface area contributed by atoms with Gasteiger partial charge in [-0.3, -0.25) is 14.6 Å². The molecule has 3 aliphatic rings. The lowest BCUT2D eigenvalue weighted by Gasteiger charge is -2.39. The molecule has 6 nitrogen and oxygen atoms in total. The third kappa shape index (κ3) is 2.81. The molecule has 3 saturated heterocycles. The summed E-state index contributed by atoms with van der Waals surface area (Å²) in [6.45, 7) is 3.71. The van der Waals surface area contributed by atoms with Crippen molar-refractivity contribution in [1.82, 2.24) is 20.4 Å². The molecule has 112 valence electrons. The second-order valence-corrected chi connectivity index (χ2v) is 6.01. The standard InChI is InChI=1S/C14H24N4O2/c19-13-10-16-14(20)18(13)9-8-17-7-2-1-5-12(17)11-4-3-6-15-11/h11-12,15H,1-10H2,(H,16,20). The van der Waals surface area contributed by atoms with Crippen molar-refractivity contribution in [2.45, 2.75) is 44.2 Å². The molecule has 0 saturated carbocycles. The molecule has 0 aromatic heterocycles. The number of nitrogens with one attached hydrogen (secondary N) is 2. The zero-order chi connectivity index (χ0) is 13.9. The van der Waals surface area contributed by atoms with Gasteiger partial charge in [0.2, 0.25) is 5.91 Å². The van der Waals surface area contributed by atoms with E-state index in [-0.39, 0.29) is 18.5 Å². The molecule has 0 aromatic carbocycles. The Morgan fingerprint density at radius 3 is 2.70 bits per heavy atom. The quantitative estimate of drug-likeness (QED) is 0.719.